The van der Waals surface area contributed by atoms with Crippen molar-refractivity contribution in [2.24, 2.45) is 0 Å². The second kappa shape index (κ2) is 4.38. The van der Waals surface area contributed by atoms with E-state index in [1.165, 1.54) is 11.1 Å². The zero-order chi connectivity index (χ0) is 7.52. The van der Waals surface area contributed by atoms with Crippen LogP contribution in [0, 0.1) is 6.08 Å². The third-order valence-corrected chi connectivity index (χ3v) is 1.78. The summed E-state index contributed by atoms with van der Waals surface area (Å²) < 4.78 is 0. The molecule has 0 N–H and O–H groups in total. The molecule has 1 aliphatic rings. The summed E-state index contributed by atoms with van der Waals surface area (Å²) >= 11 is 0. The number of benzene rings is 1. The molecule has 0 saturated carbocycles. The quantitative estimate of drug-likeness (QED) is 0.694. The van der Waals surface area contributed by atoms with E-state index in [0.29, 0.717) is 0 Å². The minimum Gasteiger partial charge on any atom is -0.197 e. The van der Waals surface area contributed by atoms with E-state index in [4.69, 9.17) is 0 Å². The van der Waals surface area contributed by atoms with Gasteiger partial charge in [0, 0.05) is 0 Å². The number of allylic oxidation sites excluding steroid dienone is 4. The SMILES string of the molecule is [C-]1=C(c2ccccc2)C=CC1.[Os+]. The van der Waals surface area contributed by atoms with Gasteiger partial charge in [0.25, 0.3) is 0 Å². The first-order chi connectivity index (χ1) is 5.47. The molecule has 0 aliphatic heterocycles. The second-order valence-corrected chi connectivity index (χ2v) is 2.56. The van der Waals surface area contributed by atoms with E-state index >= 15 is 0 Å². The average Bonchev–Trinajstić information content (AvgIpc) is 2.58. The minimum absolute atomic E-state index is 0. The van der Waals surface area contributed by atoms with E-state index in [0.717, 1.165) is 6.42 Å². The van der Waals surface area contributed by atoms with Gasteiger partial charge < -0.3 is 0 Å². The Morgan fingerprint density at radius 2 is 1.83 bits per heavy atom. The first-order valence-corrected chi connectivity index (χ1v) is 3.79. The maximum Gasteiger partial charge on any atom is 1.00 e. The zero-order valence-electron chi connectivity index (χ0n) is 6.60. The van der Waals surface area contributed by atoms with E-state index in [1.807, 2.05) is 6.07 Å². The van der Waals surface area contributed by atoms with Crippen molar-refractivity contribution in [1.29, 1.82) is 0 Å². The maximum atomic E-state index is 3.28. The van der Waals surface area contributed by atoms with E-state index in [2.05, 4.69) is 42.5 Å². The van der Waals surface area contributed by atoms with Crippen LogP contribution in [0.3, 0.4) is 0 Å². The molecule has 0 saturated heterocycles. The van der Waals surface area contributed by atoms with Crippen LogP contribution in [0.25, 0.3) is 5.57 Å². The predicted molar refractivity (Wildman–Crippen MR) is 46.8 cm³/mol. The molecule has 12 heavy (non-hydrogen) atoms. The molecule has 1 aliphatic carbocycles. The molecule has 0 heterocycles. The van der Waals surface area contributed by atoms with Crippen LogP contribution in [-0.2, 0) is 19.8 Å². The molecule has 1 aromatic carbocycles. The Kier molecular flexibility index (Phi) is 3.44. The topological polar surface area (TPSA) is 0 Å². The van der Waals surface area contributed by atoms with Gasteiger partial charge in [0.05, 0.1) is 0 Å². The van der Waals surface area contributed by atoms with Gasteiger partial charge in [0.15, 0.2) is 0 Å². The number of hydrogen-bond acceptors (Lipinski definition) is 0. The van der Waals surface area contributed by atoms with Crippen LogP contribution < -0.4 is 0 Å². The van der Waals surface area contributed by atoms with Gasteiger partial charge in [-0.3, -0.25) is 0 Å². The van der Waals surface area contributed by atoms with Crippen molar-refractivity contribution < 1.29 is 19.8 Å². The molecular weight excluding hydrogens is 322 g/mol. The van der Waals surface area contributed by atoms with Crippen LogP contribution in [0.4, 0.5) is 0 Å². The zero-order valence-corrected chi connectivity index (χ0v) is 9.14. The Balaban J connectivity index is 0.000000720. The Morgan fingerprint density at radius 3 is 2.42 bits per heavy atom. The van der Waals surface area contributed by atoms with E-state index in [-0.39, 0.29) is 19.8 Å². The average molecular weight is 331 g/mol. The van der Waals surface area contributed by atoms with Crippen molar-refractivity contribution in [3.05, 3.63) is 54.1 Å². The van der Waals surface area contributed by atoms with Crippen LogP contribution >= 0.6 is 0 Å². The molecule has 2 rings (SSSR count). The molecular formula is C11H9Os. The third-order valence-electron chi connectivity index (χ3n) is 1.78. The monoisotopic (exact) mass is 333 g/mol. The van der Waals surface area contributed by atoms with Gasteiger partial charge in [-0.15, -0.1) is 23.8 Å². The van der Waals surface area contributed by atoms with Gasteiger partial charge in [0.1, 0.15) is 0 Å². The van der Waals surface area contributed by atoms with Crippen LogP contribution in [0.5, 0.6) is 0 Å². The van der Waals surface area contributed by atoms with E-state index in [1.54, 1.807) is 0 Å². The molecule has 0 amide bonds. The Morgan fingerprint density at radius 1 is 1.08 bits per heavy atom. The maximum absolute atomic E-state index is 3.28. The molecule has 1 heteroatoms. The second-order valence-electron chi connectivity index (χ2n) is 2.56. The van der Waals surface area contributed by atoms with Crippen molar-refractivity contribution in [1.82, 2.24) is 0 Å². The first kappa shape index (κ1) is 9.42. The summed E-state index contributed by atoms with van der Waals surface area (Å²) in [5.41, 5.74) is 2.49. The summed E-state index contributed by atoms with van der Waals surface area (Å²) in [7, 11) is 0. The smallest absolute Gasteiger partial charge is 0.197 e. The Bertz CT molecular complexity index is 296. The van der Waals surface area contributed by atoms with Crippen molar-refractivity contribution in [3.63, 3.8) is 0 Å². The molecule has 0 atom stereocenters. The van der Waals surface area contributed by atoms with Crippen molar-refractivity contribution in [2.45, 2.75) is 6.42 Å². The fourth-order valence-electron chi connectivity index (χ4n) is 1.22. The standard InChI is InChI=1S/C11H9.Os/c1-2-6-10(7-3-1)11-8-4-5-9-11;/h1-4,6-8H,5H2;/q-1;+1. The normalized spacial score (nSPS) is 13.8. The van der Waals surface area contributed by atoms with Crippen LogP contribution in [-0.4, -0.2) is 0 Å². The van der Waals surface area contributed by atoms with Gasteiger partial charge >= 0.3 is 19.8 Å². The van der Waals surface area contributed by atoms with Crippen LogP contribution in [0.1, 0.15) is 12.0 Å². The summed E-state index contributed by atoms with van der Waals surface area (Å²) in [6.07, 6.45) is 8.49. The molecule has 1 aromatic rings. The molecule has 0 aromatic heterocycles. The largest absolute Gasteiger partial charge is 1.00 e. The van der Waals surface area contributed by atoms with E-state index in [9.17, 15) is 0 Å². The van der Waals surface area contributed by atoms with Crippen molar-refractivity contribution >= 4 is 5.57 Å². The van der Waals surface area contributed by atoms with Crippen molar-refractivity contribution in [3.8, 4) is 0 Å². The summed E-state index contributed by atoms with van der Waals surface area (Å²) in [5, 5.41) is 0. The molecule has 0 spiro atoms. The predicted octanol–water partition coefficient (Wildman–Crippen LogP) is 2.83. The molecule has 0 fully saturated rings. The Hall–Kier alpha value is -0.664. The molecule has 0 unspecified atom stereocenters. The van der Waals surface area contributed by atoms with Crippen LogP contribution in [0.15, 0.2) is 42.5 Å². The fraction of sp³-hybridized carbons (Fsp3) is 0.0909. The first-order valence-electron chi connectivity index (χ1n) is 3.79. The summed E-state index contributed by atoms with van der Waals surface area (Å²) in [6, 6.07) is 10.4. The minimum atomic E-state index is 0. The van der Waals surface area contributed by atoms with Gasteiger partial charge in [0.2, 0.25) is 0 Å². The summed E-state index contributed by atoms with van der Waals surface area (Å²) in [4.78, 5) is 0. The number of rotatable bonds is 1. The third kappa shape index (κ3) is 1.93. The summed E-state index contributed by atoms with van der Waals surface area (Å²) in [5.74, 6) is 0. The fourth-order valence-corrected chi connectivity index (χ4v) is 1.22. The van der Waals surface area contributed by atoms with Crippen LogP contribution in [0.2, 0.25) is 0 Å². The summed E-state index contributed by atoms with van der Waals surface area (Å²) in [6.45, 7) is 0. The van der Waals surface area contributed by atoms with Gasteiger partial charge in [-0.2, -0.15) is 17.7 Å². The van der Waals surface area contributed by atoms with Gasteiger partial charge in [-0.1, -0.05) is 24.6 Å². The van der Waals surface area contributed by atoms with Gasteiger partial charge in [-0.25, -0.2) is 0 Å². The van der Waals surface area contributed by atoms with Gasteiger partial charge in [-0.05, 0) is 0 Å². The molecule has 0 nitrogen and oxygen atoms in total. The molecule has 61 valence electrons. The molecule has 1 radical (unpaired) electrons. The Labute approximate surface area is 86.1 Å². The number of hydrogen-bond donors (Lipinski definition) is 0. The van der Waals surface area contributed by atoms with E-state index < -0.39 is 0 Å². The van der Waals surface area contributed by atoms with Crippen molar-refractivity contribution in [2.75, 3.05) is 0 Å². The molecule has 0 bridgehead atoms.